The minimum Gasteiger partial charge on any atom is -0.398 e. The summed E-state index contributed by atoms with van der Waals surface area (Å²) in [5.41, 5.74) is 6.60. The summed E-state index contributed by atoms with van der Waals surface area (Å²) in [5, 5.41) is 0. The van der Waals surface area contributed by atoms with Gasteiger partial charge in [0, 0.05) is 37.9 Å². The first-order chi connectivity index (χ1) is 9.86. The molecule has 1 aromatic carbocycles. The number of nitrogen functional groups attached to an aromatic ring is 1. The van der Waals surface area contributed by atoms with E-state index in [2.05, 4.69) is 15.9 Å². The third-order valence-electron chi connectivity index (χ3n) is 2.92. The van der Waals surface area contributed by atoms with Gasteiger partial charge in [0.25, 0.3) is 5.91 Å². The molecule has 0 atom stereocenters. The predicted molar refractivity (Wildman–Crippen MR) is 85.0 cm³/mol. The van der Waals surface area contributed by atoms with Crippen LogP contribution in [0.25, 0.3) is 0 Å². The molecule has 0 aliphatic heterocycles. The van der Waals surface area contributed by atoms with E-state index in [1.54, 1.807) is 39.4 Å². The number of halogens is 1. The van der Waals surface area contributed by atoms with Gasteiger partial charge in [-0.1, -0.05) is 15.9 Å². The van der Waals surface area contributed by atoms with Crippen LogP contribution in [-0.4, -0.2) is 62.5 Å². The first kappa shape index (κ1) is 17.5. The summed E-state index contributed by atoms with van der Waals surface area (Å²) in [6, 6.07) is 5.06. The molecule has 0 unspecified atom stereocenters. The maximum atomic E-state index is 12.6. The molecule has 0 spiro atoms. The molecule has 0 bridgehead atoms. The van der Waals surface area contributed by atoms with E-state index >= 15 is 0 Å². The van der Waals surface area contributed by atoms with E-state index in [9.17, 15) is 9.59 Å². The molecule has 0 fully saturated rings. The molecule has 0 aliphatic carbocycles. The van der Waals surface area contributed by atoms with Crippen LogP contribution in [0, 0.1) is 0 Å². The van der Waals surface area contributed by atoms with Crippen molar-refractivity contribution in [2.24, 2.45) is 0 Å². The Bertz CT molecular complexity index is 520. The van der Waals surface area contributed by atoms with Gasteiger partial charge >= 0.3 is 0 Å². The van der Waals surface area contributed by atoms with Crippen molar-refractivity contribution in [3.8, 4) is 0 Å². The Labute approximate surface area is 133 Å². The Morgan fingerprint density at radius 2 is 2.00 bits per heavy atom. The number of ether oxygens (including phenoxy) is 1. The maximum absolute atomic E-state index is 12.6. The van der Waals surface area contributed by atoms with Crippen molar-refractivity contribution < 1.29 is 14.3 Å². The molecule has 0 saturated carbocycles. The topological polar surface area (TPSA) is 75.9 Å². The lowest BCUT2D eigenvalue weighted by atomic mass is 10.1. The van der Waals surface area contributed by atoms with Crippen LogP contribution in [0.5, 0.6) is 0 Å². The van der Waals surface area contributed by atoms with Gasteiger partial charge in [-0.2, -0.15) is 0 Å². The van der Waals surface area contributed by atoms with Crippen LogP contribution in [0.4, 0.5) is 5.69 Å². The third kappa shape index (κ3) is 5.02. The Morgan fingerprint density at radius 3 is 2.57 bits per heavy atom. The zero-order valence-corrected chi connectivity index (χ0v) is 14.0. The van der Waals surface area contributed by atoms with Gasteiger partial charge in [0.15, 0.2) is 0 Å². The summed E-state index contributed by atoms with van der Waals surface area (Å²) in [4.78, 5) is 27.3. The Morgan fingerprint density at radius 1 is 1.33 bits per heavy atom. The highest BCUT2D eigenvalue weighted by Gasteiger charge is 2.21. The number of nitrogens with two attached hydrogens (primary N) is 1. The van der Waals surface area contributed by atoms with Crippen molar-refractivity contribution in [3.05, 3.63) is 28.2 Å². The largest absolute Gasteiger partial charge is 0.398 e. The monoisotopic (exact) mass is 357 g/mol. The average Bonchev–Trinajstić information content (AvgIpc) is 2.44. The van der Waals surface area contributed by atoms with Crippen LogP contribution in [0.2, 0.25) is 0 Å². The van der Waals surface area contributed by atoms with Crippen LogP contribution < -0.4 is 5.73 Å². The van der Waals surface area contributed by atoms with Crippen molar-refractivity contribution in [2.75, 3.05) is 46.6 Å². The molecule has 0 heterocycles. The summed E-state index contributed by atoms with van der Waals surface area (Å²) < 4.78 is 5.75. The highest BCUT2D eigenvalue weighted by Crippen LogP contribution is 2.20. The SMILES string of the molecule is COCCN(CC(=O)N(C)C)C(=O)c1cc(Br)ccc1N. The van der Waals surface area contributed by atoms with Crippen LogP contribution in [-0.2, 0) is 9.53 Å². The molecule has 1 aromatic rings. The predicted octanol–water partition coefficient (Wildman–Crippen LogP) is 1.21. The van der Waals surface area contributed by atoms with Crippen molar-refractivity contribution in [3.63, 3.8) is 0 Å². The first-order valence-corrected chi connectivity index (χ1v) is 7.19. The molecule has 2 N–H and O–H groups in total. The second-order valence-corrected chi connectivity index (χ2v) is 5.65. The molecule has 0 saturated heterocycles. The fourth-order valence-corrected chi connectivity index (χ4v) is 2.00. The lowest BCUT2D eigenvalue weighted by molar-refractivity contribution is -0.129. The number of benzene rings is 1. The van der Waals surface area contributed by atoms with Crippen molar-refractivity contribution in [1.29, 1.82) is 0 Å². The number of hydrogen-bond donors (Lipinski definition) is 1. The Kier molecular flexibility index (Phi) is 6.64. The normalized spacial score (nSPS) is 10.3. The summed E-state index contributed by atoms with van der Waals surface area (Å²) >= 11 is 3.31. The van der Waals surface area contributed by atoms with E-state index in [1.165, 1.54) is 9.80 Å². The van der Waals surface area contributed by atoms with Gasteiger partial charge in [0.05, 0.1) is 12.2 Å². The summed E-state index contributed by atoms with van der Waals surface area (Å²) in [7, 11) is 4.84. The fourth-order valence-electron chi connectivity index (χ4n) is 1.64. The third-order valence-corrected chi connectivity index (χ3v) is 3.42. The van der Waals surface area contributed by atoms with Crippen molar-refractivity contribution >= 4 is 33.4 Å². The lowest BCUT2D eigenvalue weighted by Gasteiger charge is -2.24. The molecule has 6 nitrogen and oxygen atoms in total. The van der Waals surface area contributed by atoms with Gasteiger partial charge in [0.2, 0.25) is 5.91 Å². The zero-order chi connectivity index (χ0) is 16.0. The maximum Gasteiger partial charge on any atom is 0.256 e. The van der Waals surface area contributed by atoms with Gasteiger partial charge in [-0.05, 0) is 18.2 Å². The smallest absolute Gasteiger partial charge is 0.256 e. The van der Waals surface area contributed by atoms with Gasteiger partial charge in [-0.25, -0.2) is 0 Å². The van der Waals surface area contributed by atoms with Gasteiger partial charge < -0.3 is 20.3 Å². The number of carbonyl (C=O) groups is 2. The Balaban J connectivity index is 2.98. The number of amides is 2. The molecular formula is C14H20BrN3O3. The molecular weight excluding hydrogens is 338 g/mol. The minimum absolute atomic E-state index is 0.0128. The number of hydrogen-bond acceptors (Lipinski definition) is 4. The number of likely N-dealkylation sites (N-methyl/N-ethyl adjacent to an activating group) is 1. The molecule has 21 heavy (non-hydrogen) atoms. The summed E-state index contributed by atoms with van der Waals surface area (Å²) in [5.74, 6) is -0.450. The quantitative estimate of drug-likeness (QED) is 0.776. The molecule has 2 amide bonds. The van der Waals surface area contributed by atoms with E-state index in [0.29, 0.717) is 24.4 Å². The molecule has 0 aliphatic rings. The average molecular weight is 358 g/mol. The number of carbonyl (C=O) groups excluding carboxylic acids is 2. The summed E-state index contributed by atoms with van der Waals surface area (Å²) in [6.45, 7) is 0.655. The highest BCUT2D eigenvalue weighted by molar-refractivity contribution is 9.10. The van der Waals surface area contributed by atoms with Gasteiger partial charge in [-0.3, -0.25) is 9.59 Å². The first-order valence-electron chi connectivity index (χ1n) is 6.40. The number of anilines is 1. The van der Waals surface area contributed by atoms with E-state index in [0.717, 1.165) is 4.47 Å². The van der Waals surface area contributed by atoms with Crippen LogP contribution in [0.1, 0.15) is 10.4 Å². The van der Waals surface area contributed by atoms with Crippen LogP contribution >= 0.6 is 15.9 Å². The van der Waals surface area contributed by atoms with Gasteiger partial charge in [-0.15, -0.1) is 0 Å². The molecule has 1 rings (SSSR count). The van der Waals surface area contributed by atoms with E-state index in [1.807, 2.05) is 0 Å². The second-order valence-electron chi connectivity index (χ2n) is 4.74. The van der Waals surface area contributed by atoms with Gasteiger partial charge in [0.1, 0.15) is 6.54 Å². The fraction of sp³-hybridized carbons (Fsp3) is 0.429. The molecule has 7 heteroatoms. The number of nitrogens with zero attached hydrogens (tertiary/aromatic N) is 2. The lowest BCUT2D eigenvalue weighted by Crippen LogP contribution is -2.42. The second kappa shape index (κ2) is 7.99. The number of methoxy groups -OCH3 is 1. The van der Waals surface area contributed by atoms with Crippen LogP contribution in [0.3, 0.4) is 0 Å². The Hall–Kier alpha value is -1.60. The van der Waals surface area contributed by atoms with E-state index in [-0.39, 0.29) is 18.4 Å². The van der Waals surface area contributed by atoms with E-state index < -0.39 is 0 Å². The molecule has 116 valence electrons. The highest BCUT2D eigenvalue weighted by atomic mass is 79.9. The standard InChI is InChI=1S/C14H20BrN3O3/c1-17(2)13(19)9-18(6-7-21-3)14(20)11-8-10(15)4-5-12(11)16/h4-5,8H,6-7,9,16H2,1-3H3. The van der Waals surface area contributed by atoms with Crippen molar-refractivity contribution in [1.82, 2.24) is 9.80 Å². The molecule has 0 aromatic heterocycles. The van der Waals surface area contributed by atoms with E-state index in [4.69, 9.17) is 10.5 Å². The molecule has 0 radical (unpaired) electrons. The summed E-state index contributed by atoms with van der Waals surface area (Å²) in [6.07, 6.45) is 0. The zero-order valence-electron chi connectivity index (χ0n) is 12.4. The van der Waals surface area contributed by atoms with Crippen molar-refractivity contribution in [2.45, 2.75) is 0 Å². The minimum atomic E-state index is -0.291. The van der Waals surface area contributed by atoms with Crippen LogP contribution in [0.15, 0.2) is 22.7 Å². The number of rotatable bonds is 6.